The summed E-state index contributed by atoms with van der Waals surface area (Å²) >= 11 is 0. The Morgan fingerprint density at radius 1 is 0.667 bits per heavy atom. The largest absolute Gasteiger partial charge is 0.455 e. The van der Waals surface area contributed by atoms with Crippen LogP contribution in [0.2, 0.25) is 0 Å². The van der Waals surface area contributed by atoms with Crippen LogP contribution in [0.25, 0.3) is 55.0 Å². The molecule has 2 radical (unpaired) electrons. The van der Waals surface area contributed by atoms with Crippen molar-refractivity contribution in [1.82, 2.24) is 0 Å². The van der Waals surface area contributed by atoms with Crippen LogP contribution in [-0.2, 0) is 0 Å². The summed E-state index contributed by atoms with van der Waals surface area (Å²) in [4.78, 5) is 0. The van der Waals surface area contributed by atoms with Crippen molar-refractivity contribution < 1.29 is 4.42 Å². The van der Waals surface area contributed by atoms with E-state index in [0.717, 1.165) is 38.5 Å². The zero-order valence-corrected chi connectivity index (χ0v) is 12.8. The second-order valence-electron chi connectivity index (χ2n) is 6.40. The third-order valence-electron chi connectivity index (χ3n) is 5.16. The van der Waals surface area contributed by atoms with Crippen LogP contribution in [-0.4, -0.2) is 7.85 Å². The lowest BCUT2D eigenvalue weighted by atomic mass is 9.85. The van der Waals surface area contributed by atoms with Gasteiger partial charge in [0.15, 0.2) is 0 Å². The topological polar surface area (TPSA) is 13.1 Å². The monoisotopic (exact) mass is 302 g/mol. The van der Waals surface area contributed by atoms with Gasteiger partial charge in [-0.3, -0.25) is 0 Å². The van der Waals surface area contributed by atoms with Gasteiger partial charge in [0.25, 0.3) is 0 Å². The van der Waals surface area contributed by atoms with E-state index in [0.29, 0.717) is 0 Å². The van der Waals surface area contributed by atoms with Gasteiger partial charge in [0.2, 0.25) is 0 Å². The number of benzene rings is 4. The third kappa shape index (κ3) is 1.33. The van der Waals surface area contributed by atoms with E-state index < -0.39 is 0 Å². The van der Waals surface area contributed by atoms with Gasteiger partial charge in [-0.1, -0.05) is 60.1 Å². The fraction of sp³-hybridized carbons (Fsp3) is 0. The summed E-state index contributed by atoms with van der Waals surface area (Å²) in [5.41, 5.74) is 7.36. The van der Waals surface area contributed by atoms with Gasteiger partial charge in [0.05, 0.1) is 0 Å². The normalized spacial score (nSPS) is 12.3. The molecule has 1 aliphatic rings. The summed E-state index contributed by atoms with van der Waals surface area (Å²) in [6, 6.07) is 23.1. The van der Waals surface area contributed by atoms with E-state index in [9.17, 15) is 0 Å². The number of fused-ring (bicyclic) bond motifs is 7. The van der Waals surface area contributed by atoms with E-state index in [4.69, 9.17) is 12.3 Å². The Hall–Kier alpha value is -3.00. The van der Waals surface area contributed by atoms with E-state index in [1.54, 1.807) is 0 Å². The molecule has 0 spiro atoms. The number of para-hydroxylation sites is 1. The number of hydrogen-bond acceptors (Lipinski definition) is 1. The van der Waals surface area contributed by atoms with Crippen molar-refractivity contribution >= 4 is 46.0 Å². The molecule has 0 saturated carbocycles. The first-order valence-electron chi connectivity index (χ1n) is 8.09. The Morgan fingerprint density at radius 3 is 2.54 bits per heavy atom. The maximum absolute atomic E-state index is 6.39. The van der Waals surface area contributed by atoms with E-state index >= 15 is 0 Å². The average molecular weight is 302 g/mol. The summed E-state index contributed by atoms with van der Waals surface area (Å²) in [6.07, 6.45) is 0. The van der Waals surface area contributed by atoms with E-state index in [-0.39, 0.29) is 0 Å². The summed E-state index contributed by atoms with van der Waals surface area (Å²) in [5.74, 6) is 0. The molecule has 1 aliphatic carbocycles. The molecule has 5 aromatic rings. The predicted octanol–water partition coefficient (Wildman–Crippen LogP) is 5.18. The predicted molar refractivity (Wildman–Crippen MR) is 101 cm³/mol. The molecular formula is C22H11BO. The van der Waals surface area contributed by atoms with Crippen molar-refractivity contribution in [2.75, 3.05) is 0 Å². The van der Waals surface area contributed by atoms with Crippen LogP contribution in [0.15, 0.2) is 71.1 Å². The fourth-order valence-corrected chi connectivity index (χ4v) is 4.15. The first-order valence-corrected chi connectivity index (χ1v) is 8.09. The Bertz CT molecular complexity index is 1310. The smallest absolute Gasteiger partial charge is 0.143 e. The van der Waals surface area contributed by atoms with Gasteiger partial charge in [0.1, 0.15) is 19.0 Å². The summed E-state index contributed by atoms with van der Waals surface area (Å²) < 4.78 is 6.26. The quantitative estimate of drug-likeness (QED) is 0.352. The third-order valence-corrected chi connectivity index (χ3v) is 5.16. The SMILES string of the molecule is [B]c1ccc2cccc3c2c1-c1c-3ccc2c1oc1ccccc12. The minimum absolute atomic E-state index is 0.807. The molecule has 1 heterocycles. The van der Waals surface area contributed by atoms with Crippen LogP contribution in [0.4, 0.5) is 0 Å². The maximum Gasteiger partial charge on any atom is 0.143 e. The van der Waals surface area contributed by atoms with Crippen molar-refractivity contribution in [2.24, 2.45) is 0 Å². The van der Waals surface area contributed by atoms with Gasteiger partial charge in [-0.05, 0) is 39.6 Å². The first kappa shape index (κ1) is 12.4. The molecule has 0 atom stereocenters. The minimum atomic E-state index is 0.807. The lowest BCUT2D eigenvalue weighted by Crippen LogP contribution is -2.05. The molecule has 0 aliphatic heterocycles. The van der Waals surface area contributed by atoms with Crippen molar-refractivity contribution in [3.63, 3.8) is 0 Å². The van der Waals surface area contributed by atoms with Gasteiger partial charge in [-0.15, -0.1) is 0 Å². The molecule has 0 amide bonds. The lowest BCUT2D eigenvalue weighted by molar-refractivity contribution is 0.670. The zero-order valence-electron chi connectivity index (χ0n) is 12.8. The first-order chi connectivity index (χ1) is 11.8. The molecule has 2 heteroatoms. The Morgan fingerprint density at radius 2 is 1.58 bits per heavy atom. The summed E-state index contributed by atoms with van der Waals surface area (Å²) in [6.45, 7) is 0. The lowest BCUT2D eigenvalue weighted by Gasteiger charge is -2.06. The number of rotatable bonds is 0. The molecule has 6 rings (SSSR count). The average Bonchev–Trinajstić information content (AvgIpc) is 3.15. The van der Waals surface area contributed by atoms with Gasteiger partial charge in [-0.2, -0.15) is 0 Å². The van der Waals surface area contributed by atoms with Crippen molar-refractivity contribution in [3.8, 4) is 22.3 Å². The second-order valence-corrected chi connectivity index (χ2v) is 6.40. The van der Waals surface area contributed by atoms with Gasteiger partial charge in [0, 0.05) is 16.3 Å². The van der Waals surface area contributed by atoms with E-state index in [1.165, 1.54) is 21.9 Å². The number of furan rings is 1. The van der Waals surface area contributed by atoms with E-state index in [2.05, 4.69) is 42.5 Å². The Kier molecular flexibility index (Phi) is 2.12. The van der Waals surface area contributed by atoms with Gasteiger partial charge in [-0.25, -0.2) is 0 Å². The molecule has 108 valence electrons. The van der Waals surface area contributed by atoms with Gasteiger partial charge >= 0.3 is 0 Å². The highest BCUT2D eigenvalue weighted by Crippen LogP contribution is 2.50. The van der Waals surface area contributed by atoms with Crippen LogP contribution in [0.1, 0.15) is 0 Å². The Balaban J connectivity index is 1.90. The van der Waals surface area contributed by atoms with Crippen molar-refractivity contribution in [3.05, 3.63) is 66.7 Å². The van der Waals surface area contributed by atoms with Gasteiger partial charge < -0.3 is 4.42 Å². The highest BCUT2D eigenvalue weighted by molar-refractivity contribution is 6.41. The highest BCUT2D eigenvalue weighted by atomic mass is 16.3. The maximum atomic E-state index is 6.39. The molecule has 1 aromatic heterocycles. The molecule has 0 N–H and O–H groups in total. The highest BCUT2D eigenvalue weighted by Gasteiger charge is 2.26. The van der Waals surface area contributed by atoms with Crippen LogP contribution in [0.3, 0.4) is 0 Å². The standard InChI is InChI=1S/C22H11BO/c23-17-11-8-12-4-3-6-14-15-9-10-16-13-5-1-2-7-18(13)24-22(16)20(15)21(17)19(12)14/h1-11H. The van der Waals surface area contributed by atoms with Crippen LogP contribution in [0.5, 0.6) is 0 Å². The minimum Gasteiger partial charge on any atom is -0.455 e. The molecule has 4 aromatic carbocycles. The van der Waals surface area contributed by atoms with E-state index in [1.807, 2.05) is 24.3 Å². The van der Waals surface area contributed by atoms with Crippen molar-refractivity contribution in [2.45, 2.75) is 0 Å². The van der Waals surface area contributed by atoms with Crippen LogP contribution >= 0.6 is 0 Å². The molecule has 0 fully saturated rings. The van der Waals surface area contributed by atoms with Crippen LogP contribution < -0.4 is 5.46 Å². The molecular weight excluding hydrogens is 291 g/mol. The Labute approximate surface area is 139 Å². The zero-order chi connectivity index (χ0) is 15.8. The molecule has 0 saturated heterocycles. The molecule has 1 nitrogen and oxygen atoms in total. The molecule has 0 unspecified atom stereocenters. The summed E-state index contributed by atoms with van der Waals surface area (Å²) in [5, 5.41) is 4.75. The second kappa shape index (κ2) is 4.10. The van der Waals surface area contributed by atoms with Crippen molar-refractivity contribution in [1.29, 1.82) is 0 Å². The number of hydrogen-bond donors (Lipinski definition) is 0. The molecule has 0 bridgehead atoms. The van der Waals surface area contributed by atoms with Crippen LogP contribution in [0, 0.1) is 0 Å². The fourth-order valence-electron chi connectivity index (χ4n) is 4.15. The summed E-state index contributed by atoms with van der Waals surface area (Å²) in [7, 11) is 6.39. The molecule has 24 heavy (non-hydrogen) atoms.